The fourth-order valence-corrected chi connectivity index (χ4v) is 2.78. The van der Waals surface area contributed by atoms with Crippen LogP contribution in [0, 0.1) is 0 Å². The summed E-state index contributed by atoms with van der Waals surface area (Å²) in [6, 6.07) is 19.1. The summed E-state index contributed by atoms with van der Waals surface area (Å²) < 4.78 is 0. The molecule has 24 heavy (non-hydrogen) atoms. The van der Waals surface area contributed by atoms with Crippen LogP contribution in [0.2, 0.25) is 0 Å². The van der Waals surface area contributed by atoms with Crippen molar-refractivity contribution in [2.75, 3.05) is 0 Å². The van der Waals surface area contributed by atoms with Crippen LogP contribution in [-0.4, -0.2) is 30.3 Å². The lowest BCUT2D eigenvalue weighted by Crippen LogP contribution is -2.03. The topological polar surface area (TPSA) is 76.1 Å². The van der Waals surface area contributed by atoms with E-state index >= 15 is 0 Å². The number of benzene rings is 2. The predicted octanol–water partition coefficient (Wildman–Crippen LogP) is 3.56. The number of hydrogen-bond acceptors (Lipinski definition) is 4. The summed E-state index contributed by atoms with van der Waals surface area (Å²) in [7, 11) is 0. The summed E-state index contributed by atoms with van der Waals surface area (Å²) in [6.07, 6.45) is 3.12. The second-order valence-corrected chi connectivity index (χ2v) is 5.32. The quantitative estimate of drug-likeness (QED) is 0.566. The molecule has 4 aromatic rings. The lowest BCUT2D eigenvalue weighted by Gasteiger charge is -2.08. The van der Waals surface area contributed by atoms with E-state index in [0.717, 1.165) is 20.8 Å². The van der Waals surface area contributed by atoms with E-state index in [1.165, 1.54) is 0 Å². The molecule has 4 rings (SSSR count). The molecule has 0 atom stereocenters. The highest BCUT2D eigenvalue weighted by atomic mass is 16.5. The zero-order valence-electron chi connectivity index (χ0n) is 12.6. The van der Waals surface area contributed by atoms with E-state index in [1.54, 1.807) is 12.4 Å². The molecule has 0 aliphatic heterocycles. The van der Waals surface area contributed by atoms with Crippen molar-refractivity contribution >= 4 is 0 Å². The van der Waals surface area contributed by atoms with Crippen molar-refractivity contribution in [1.29, 1.82) is 0 Å². The van der Waals surface area contributed by atoms with E-state index in [4.69, 9.17) is 0 Å². The predicted molar refractivity (Wildman–Crippen MR) is 88.7 cm³/mol. The molecule has 0 spiro atoms. The second-order valence-electron chi connectivity index (χ2n) is 5.32. The average molecular weight is 318 g/mol. The molecule has 2 heterocycles. The summed E-state index contributed by atoms with van der Waals surface area (Å²) in [6.45, 7) is 0. The van der Waals surface area contributed by atoms with Gasteiger partial charge >= 0.3 is 0 Å². The molecular weight excluding hydrogens is 304 g/mol. The van der Waals surface area contributed by atoms with Crippen molar-refractivity contribution in [1.82, 2.24) is 19.9 Å². The summed E-state index contributed by atoms with van der Waals surface area (Å²) in [5, 5.41) is 28.3. The third-order valence-corrected chi connectivity index (χ3v) is 3.90. The minimum atomic E-state index is 0.375. The lowest BCUT2D eigenvalue weighted by molar-refractivity contribution is 0.138. The van der Waals surface area contributed by atoms with Crippen LogP contribution in [0.3, 0.4) is 0 Å². The monoisotopic (exact) mass is 318 g/mol. The maximum absolute atomic E-state index is 10.2. The molecule has 0 aliphatic carbocycles. The Morgan fingerprint density at radius 2 is 0.958 bits per heavy atom. The van der Waals surface area contributed by atoms with Crippen LogP contribution >= 0.6 is 0 Å². The molecule has 6 nitrogen and oxygen atoms in total. The molecule has 0 bridgehead atoms. The van der Waals surface area contributed by atoms with Gasteiger partial charge in [0.05, 0.1) is 12.4 Å². The molecule has 2 aromatic heterocycles. The standard InChI is InChI=1S/C18H14N4O2/c23-21-17(15(11-19-21)13-7-3-1-4-8-13)18-16(12-20-22(18)24)14-9-5-2-6-10-14/h1-12,23-24H. The Morgan fingerprint density at radius 1 is 0.583 bits per heavy atom. The first kappa shape index (κ1) is 14.1. The smallest absolute Gasteiger partial charge is 0.140 e. The maximum Gasteiger partial charge on any atom is 0.140 e. The van der Waals surface area contributed by atoms with Gasteiger partial charge < -0.3 is 10.4 Å². The normalized spacial score (nSPS) is 10.8. The van der Waals surface area contributed by atoms with Crippen molar-refractivity contribution < 1.29 is 10.4 Å². The van der Waals surface area contributed by atoms with Gasteiger partial charge in [-0.1, -0.05) is 70.4 Å². The Labute approximate surface area is 137 Å². The highest BCUT2D eigenvalue weighted by Crippen LogP contribution is 2.37. The van der Waals surface area contributed by atoms with Gasteiger partial charge in [-0.3, -0.25) is 0 Å². The molecule has 0 fully saturated rings. The zero-order valence-corrected chi connectivity index (χ0v) is 12.6. The molecule has 118 valence electrons. The molecule has 0 amide bonds. The van der Waals surface area contributed by atoms with Gasteiger partial charge in [0.15, 0.2) is 0 Å². The van der Waals surface area contributed by atoms with Gasteiger partial charge in [-0.2, -0.15) is 0 Å². The van der Waals surface area contributed by atoms with Gasteiger partial charge in [0.1, 0.15) is 11.4 Å². The first-order valence-electron chi connectivity index (χ1n) is 7.41. The van der Waals surface area contributed by atoms with Crippen molar-refractivity contribution in [2.24, 2.45) is 0 Å². The summed E-state index contributed by atoms with van der Waals surface area (Å²) in [4.78, 5) is 1.52. The van der Waals surface area contributed by atoms with E-state index in [2.05, 4.69) is 10.2 Å². The third-order valence-electron chi connectivity index (χ3n) is 3.90. The fraction of sp³-hybridized carbons (Fsp3) is 0. The highest BCUT2D eigenvalue weighted by molar-refractivity contribution is 5.87. The van der Waals surface area contributed by atoms with Crippen LogP contribution < -0.4 is 0 Å². The Balaban J connectivity index is 1.96. The Bertz CT molecular complexity index is 893. The largest absolute Gasteiger partial charge is 0.411 e. The molecule has 2 aromatic carbocycles. The fourth-order valence-electron chi connectivity index (χ4n) is 2.78. The van der Waals surface area contributed by atoms with Gasteiger partial charge in [0.2, 0.25) is 0 Å². The molecule has 0 saturated heterocycles. The summed E-state index contributed by atoms with van der Waals surface area (Å²) >= 11 is 0. The highest BCUT2D eigenvalue weighted by Gasteiger charge is 2.23. The minimum Gasteiger partial charge on any atom is -0.411 e. The Morgan fingerprint density at radius 3 is 1.33 bits per heavy atom. The third kappa shape index (κ3) is 2.21. The second kappa shape index (κ2) is 5.58. The molecule has 0 unspecified atom stereocenters. The van der Waals surface area contributed by atoms with E-state index in [0.29, 0.717) is 22.5 Å². The maximum atomic E-state index is 10.2. The van der Waals surface area contributed by atoms with Crippen molar-refractivity contribution in [3.8, 4) is 33.6 Å². The molecule has 0 radical (unpaired) electrons. The first-order chi connectivity index (χ1) is 11.8. The van der Waals surface area contributed by atoms with Crippen molar-refractivity contribution in [2.45, 2.75) is 0 Å². The van der Waals surface area contributed by atoms with Crippen LogP contribution in [0.4, 0.5) is 0 Å². The zero-order chi connectivity index (χ0) is 16.5. The van der Waals surface area contributed by atoms with Gasteiger partial charge in [-0.25, -0.2) is 0 Å². The van der Waals surface area contributed by atoms with E-state index in [9.17, 15) is 10.4 Å². The average Bonchev–Trinajstić information content (AvgIpc) is 3.19. The van der Waals surface area contributed by atoms with Gasteiger partial charge in [0, 0.05) is 11.1 Å². The van der Waals surface area contributed by atoms with Crippen molar-refractivity contribution in [3.05, 3.63) is 73.1 Å². The molecule has 6 heteroatoms. The molecule has 2 N–H and O–H groups in total. The molecule has 0 saturated carbocycles. The number of rotatable bonds is 3. The number of aromatic nitrogens is 4. The van der Waals surface area contributed by atoms with Crippen LogP contribution in [0.5, 0.6) is 0 Å². The molecule has 0 aliphatic rings. The first-order valence-corrected chi connectivity index (χ1v) is 7.41. The minimum absolute atomic E-state index is 0.375. The van der Waals surface area contributed by atoms with Crippen LogP contribution in [-0.2, 0) is 0 Å². The number of nitrogens with zero attached hydrogens (tertiary/aromatic N) is 4. The van der Waals surface area contributed by atoms with E-state index in [1.807, 2.05) is 60.7 Å². The summed E-state index contributed by atoms with van der Waals surface area (Å²) in [5.74, 6) is 0. The van der Waals surface area contributed by atoms with Crippen LogP contribution in [0.15, 0.2) is 73.1 Å². The van der Waals surface area contributed by atoms with E-state index in [-0.39, 0.29) is 0 Å². The van der Waals surface area contributed by atoms with E-state index < -0.39 is 0 Å². The lowest BCUT2D eigenvalue weighted by atomic mass is 10.00. The Hall–Kier alpha value is -3.54. The van der Waals surface area contributed by atoms with Crippen LogP contribution in [0.25, 0.3) is 33.6 Å². The van der Waals surface area contributed by atoms with Gasteiger partial charge in [0.25, 0.3) is 0 Å². The molecular formula is C18H14N4O2. The van der Waals surface area contributed by atoms with Gasteiger partial charge in [-0.05, 0) is 11.1 Å². The summed E-state index contributed by atoms with van der Waals surface area (Å²) in [5.41, 5.74) is 3.92. The Kier molecular flexibility index (Phi) is 3.28. The van der Waals surface area contributed by atoms with Gasteiger partial charge in [-0.15, -0.1) is 10.2 Å². The number of hydrogen-bond donors (Lipinski definition) is 2. The van der Waals surface area contributed by atoms with Crippen molar-refractivity contribution in [3.63, 3.8) is 0 Å². The SMILES string of the molecule is On1ncc(-c2ccccc2)c1-c1c(-c2ccccc2)cnn1O. The van der Waals surface area contributed by atoms with Crippen LogP contribution in [0.1, 0.15) is 0 Å².